The molecule has 0 fully saturated rings. The van der Waals surface area contributed by atoms with Crippen LogP contribution in [0.25, 0.3) is 0 Å². The summed E-state index contributed by atoms with van der Waals surface area (Å²) < 4.78 is 5.48. The highest BCUT2D eigenvalue weighted by Gasteiger charge is 2.34. The number of rotatable bonds is 7. The Morgan fingerprint density at radius 3 is 2.57 bits per heavy atom. The van der Waals surface area contributed by atoms with Crippen LogP contribution in [0.15, 0.2) is 12.1 Å². The fourth-order valence-corrected chi connectivity index (χ4v) is 2.05. The molecule has 0 radical (unpaired) electrons. The number of hydrogen-bond acceptors (Lipinski definition) is 5. The van der Waals surface area contributed by atoms with Gasteiger partial charge in [-0.2, -0.15) is 0 Å². The summed E-state index contributed by atoms with van der Waals surface area (Å²) in [6.45, 7) is 6.95. The van der Waals surface area contributed by atoms with E-state index in [2.05, 4.69) is 5.32 Å². The van der Waals surface area contributed by atoms with Crippen LogP contribution in [0.5, 0.6) is 5.75 Å². The van der Waals surface area contributed by atoms with E-state index in [-0.39, 0.29) is 18.0 Å². The van der Waals surface area contributed by atoms with E-state index in [9.17, 15) is 20.0 Å². The van der Waals surface area contributed by atoms with Gasteiger partial charge in [0.2, 0.25) is 0 Å². The van der Waals surface area contributed by atoms with Crippen LogP contribution in [-0.4, -0.2) is 34.7 Å². The molecule has 0 aliphatic rings. The third kappa shape index (κ3) is 3.91. The summed E-state index contributed by atoms with van der Waals surface area (Å²) in [6, 6.07) is 3.17. The van der Waals surface area contributed by atoms with Crippen molar-refractivity contribution in [3.8, 4) is 5.75 Å². The predicted molar refractivity (Wildman–Crippen MR) is 77.8 cm³/mol. The Balaban J connectivity index is 3.08. The van der Waals surface area contributed by atoms with Crippen molar-refractivity contribution in [1.29, 1.82) is 0 Å². The van der Waals surface area contributed by atoms with Crippen LogP contribution in [0.1, 0.15) is 25.0 Å². The fraction of sp³-hybridized carbons (Fsp3) is 0.500. The number of carbonyl (C=O) groups is 1. The maximum Gasteiger partial charge on any atom is 0.327 e. The molecule has 1 rings (SSSR count). The monoisotopic (exact) mass is 296 g/mol. The minimum Gasteiger partial charge on any atom is -0.484 e. The van der Waals surface area contributed by atoms with Crippen LogP contribution in [0.4, 0.5) is 5.69 Å². The summed E-state index contributed by atoms with van der Waals surface area (Å²) in [5, 5.41) is 23.2. The number of hydrogen-bond donors (Lipinski definition) is 2. The highest BCUT2D eigenvalue weighted by molar-refractivity contribution is 5.78. The molecule has 7 nitrogen and oxygen atoms in total. The number of likely N-dealkylation sites (N-methyl/N-ethyl adjacent to an activating group) is 1. The standard InChI is InChI=1S/C14H20N2O5/c1-5-15-14(4,13(17)18)8-21-12-10(3)6-9(2)7-11(12)16(19)20/h6-7,15H,5,8H2,1-4H3,(H,17,18). The summed E-state index contributed by atoms with van der Waals surface area (Å²) in [7, 11) is 0. The molecule has 7 heteroatoms. The Hall–Kier alpha value is -2.15. The van der Waals surface area contributed by atoms with Gasteiger partial charge in [0, 0.05) is 6.07 Å². The van der Waals surface area contributed by atoms with E-state index in [4.69, 9.17) is 4.74 Å². The number of nitro benzene ring substituents is 1. The average Bonchev–Trinajstić information content (AvgIpc) is 2.36. The van der Waals surface area contributed by atoms with Crippen molar-refractivity contribution < 1.29 is 19.6 Å². The molecular weight excluding hydrogens is 276 g/mol. The number of nitrogens with one attached hydrogen (secondary N) is 1. The molecule has 116 valence electrons. The van der Waals surface area contributed by atoms with E-state index in [0.717, 1.165) is 5.56 Å². The smallest absolute Gasteiger partial charge is 0.327 e. The summed E-state index contributed by atoms with van der Waals surface area (Å²) in [4.78, 5) is 21.9. The van der Waals surface area contributed by atoms with E-state index >= 15 is 0 Å². The molecule has 1 atom stereocenters. The third-order valence-electron chi connectivity index (χ3n) is 3.14. The number of ether oxygens (including phenoxy) is 1. The summed E-state index contributed by atoms with van der Waals surface area (Å²) >= 11 is 0. The maximum absolute atomic E-state index is 11.3. The zero-order valence-electron chi connectivity index (χ0n) is 12.6. The molecule has 0 saturated heterocycles. The van der Waals surface area contributed by atoms with E-state index in [0.29, 0.717) is 12.1 Å². The van der Waals surface area contributed by atoms with Gasteiger partial charge in [-0.25, -0.2) is 0 Å². The molecule has 1 aromatic rings. The topological polar surface area (TPSA) is 102 Å². The van der Waals surface area contributed by atoms with Crippen molar-refractivity contribution >= 4 is 11.7 Å². The number of benzene rings is 1. The lowest BCUT2D eigenvalue weighted by Gasteiger charge is -2.26. The van der Waals surface area contributed by atoms with Crippen molar-refractivity contribution in [3.63, 3.8) is 0 Å². The number of nitrogens with zero attached hydrogens (tertiary/aromatic N) is 1. The van der Waals surface area contributed by atoms with Gasteiger partial charge in [-0.05, 0) is 38.4 Å². The van der Waals surface area contributed by atoms with Crippen LogP contribution in [0, 0.1) is 24.0 Å². The molecule has 0 bridgehead atoms. The predicted octanol–water partition coefficient (Wildman–Crippen LogP) is 2.04. The molecule has 0 aliphatic heterocycles. The molecule has 1 unspecified atom stereocenters. The number of aryl methyl sites for hydroxylation is 2. The van der Waals surface area contributed by atoms with E-state index in [1.54, 1.807) is 26.8 Å². The first kappa shape index (κ1) is 16.9. The summed E-state index contributed by atoms with van der Waals surface area (Å²) in [6.07, 6.45) is 0. The van der Waals surface area contributed by atoms with Gasteiger partial charge in [0.1, 0.15) is 12.1 Å². The Kier molecular flexibility index (Phi) is 5.26. The molecule has 0 aliphatic carbocycles. The first-order valence-electron chi connectivity index (χ1n) is 6.58. The Bertz CT molecular complexity index is 559. The van der Waals surface area contributed by atoms with Crippen LogP contribution in [0.2, 0.25) is 0 Å². The Labute approximate surface area is 123 Å². The highest BCUT2D eigenvalue weighted by Crippen LogP contribution is 2.32. The maximum atomic E-state index is 11.3. The lowest BCUT2D eigenvalue weighted by Crippen LogP contribution is -2.53. The first-order chi connectivity index (χ1) is 9.71. The fourth-order valence-electron chi connectivity index (χ4n) is 2.05. The van der Waals surface area contributed by atoms with Crippen molar-refractivity contribution in [1.82, 2.24) is 5.32 Å². The van der Waals surface area contributed by atoms with Gasteiger partial charge < -0.3 is 9.84 Å². The van der Waals surface area contributed by atoms with Crippen molar-refractivity contribution in [3.05, 3.63) is 33.4 Å². The molecule has 21 heavy (non-hydrogen) atoms. The molecule has 0 spiro atoms. The Morgan fingerprint density at radius 2 is 2.10 bits per heavy atom. The molecule has 0 amide bonds. The number of carboxylic acids is 1. The molecule has 2 N–H and O–H groups in total. The number of aliphatic carboxylic acids is 1. The minimum absolute atomic E-state index is 0.107. The van der Waals surface area contributed by atoms with Crippen LogP contribution in [-0.2, 0) is 4.79 Å². The SMILES string of the molecule is CCNC(C)(COc1c(C)cc(C)cc1[N+](=O)[O-])C(=O)O. The van der Waals surface area contributed by atoms with Gasteiger partial charge in [0.25, 0.3) is 0 Å². The van der Waals surface area contributed by atoms with Crippen LogP contribution < -0.4 is 10.1 Å². The lowest BCUT2D eigenvalue weighted by atomic mass is 10.0. The van der Waals surface area contributed by atoms with Crippen LogP contribution in [0.3, 0.4) is 0 Å². The van der Waals surface area contributed by atoms with Gasteiger partial charge in [-0.3, -0.25) is 20.2 Å². The van der Waals surface area contributed by atoms with Gasteiger partial charge in [-0.15, -0.1) is 0 Å². The van der Waals surface area contributed by atoms with E-state index in [1.165, 1.54) is 13.0 Å². The van der Waals surface area contributed by atoms with Gasteiger partial charge in [0.05, 0.1) is 4.92 Å². The zero-order valence-corrected chi connectivity index (χ0v) is 12.6. The van der Waals surface area contributed by atoms with Gasteiger partial charge in [-0.1, -0.05) is 13.0 Å². The summed E-state index contributed by atoms with van der Waals surface area (Å²) in [5.74, 6) is -0.965. The first-order valence-corrected chi connectivity index (χ1v) is 6.58. The normalized spacial score (nSPS) is 13.5. The highest BCUT2D eigenvalue weighted by atomic mass is 16.6. The average molecular weight is 296 g/mol. The second-order valence-electron chi connectivity index (χ2n) is 5.14. The second kappa shape index (κ2) is 6.53. The van der Waals surface area contributed by atoms with Crippen molar-refractivity contribution in [2.24, 2.45) is 0 Å². The number of nitro groups is 1. The van der Waals surface area contributed by atoms with Crippen molar-refractivity contribution in [2.75, 3.05) is 13.2 Å². The summed E-state index contributed by atoms with van der Waals surface area (Å²) in [5.41, 5.74) is -0.109. The van der Waals surface area contributed by atoms with Gasteiger partial charge in [0.15, 0.2) is 5.75 Å². The minimum atomic E-state index is -1.31. The van der Waals surface area contributed by atoms with Crippen LogP contribution >= 0.6 is 0 Å². The molecule has 0 aromatic heterocycles. The molecule has 0 heterocycles. The quantitative estimate of drug-likeness (QED) is 0.589. The largest absolute Gasteiger partial charge is 0.484 e. The van der Waals surface area contributed by atoms with Crippen molar-refractivity contribution in [2.45, 2.75) is 33.2 Å². The second-order valence-corrected chi connectivity index (χ2v) is 5.14. The third-order valence-corrected chi connectivity index (χ3v) is 3.14. The van der Waals surface area contributed by atoms with E-state index < -0.39 is 16.4 Å². The zero-order chi connectivity index (χ0) is 16.2. The molecular formula is C14H20N2O5. The molecule has 0 saturated carbocycles. The molecule has 1 aromatic carbocycles. The van der Waals surface area contributed by atoms with E-state index in [1.807, 2.05) is 0 Å². The lowest BCUT2D eigenvalue weighted by molar-refractivity contribution is -0.386. The van der Waals surface area contributed by atoms with Gasteiger partial charge >= 0.3 is 11.7 Å². The Morgan fingerprint density at radius 1 is 1.48 bits per heavy atom. The number of carboxylic acid groups (broad SMARTS) is 1.